The number of nitrogens with zero attached hydrogens (tertiary/aromatic N) is 2. The molecular formula is C14H18N2O2S. The zero-order valence-electron chi connectivity index (χ0n) is 11.2. The molecule has 2 atom stereocenters. The van der Waals surface area contributed by atoms with Crippen molar-refractivity contribution in [1.29, 1.82) is 5.26 Å². The Labute approximate surface area is 114 Å². The SMILES string of the molecule is CC1CCCN(S(=O)(=O)c2ccc(C#N)cc2)C1C. The van der Waals surface area contributed by atoms with Crippen LogP contribution in [0.15, 0.2) is 29.2 Å². The zero-order chi connectivity index (χ0) is 14.0. The number of sulfonamides is 1. The summed E-state index contributed by atoms with van der Waals surface area (Å²) < 4.78 is 26.8. The second-order valence-corrected chi connectivity index (χ2v) is 7.00. The molecule has 4 nitrogen and oxygen atoms in total. The first-order chi connectivity index (χ1) is 8.96. The van der Waals surface area contributed by atoms with E-state index < -0.39 is 10.0 Å². The lowest BCUT2D eigenvalue weighted by Gasteiger charge is -2.36. The highest BCUT2D eigenvalue weighted by Gasteiger charge is 2.34. The maximum absolute atomic E-state index is 12.6. The van der Waals surface area contributed by atoms with Gasteiger partial charge in [-0.25, -0.2) is 8.42 Å². The molecule has 0 aromatic heterocycles. The Morgan fingerprint density at radius 2 is 1.89 bits per heavy atom. The lowest BCUT2D eigenvalue weighted by Crippen LogP contribution is -2.45. The molecular weight excluding hydrogens is 260 g/mol. The molecule has 0 saturated carbocycles. The molecule has 0 N–H and O–H groups in total. The van der Waals surface area contributed by atoms with Crippen LogP contribution in [-0.2, 0) is 10.0 Å². The third kappa shape index (κ3) is 2.65. The molecule has 2 rings (SSSR count). The molecule has 19 heavy (non-hydrogen) atoms. The second-order valence-electron chi connectivity index (χ2n) is 5.11. The molecule has 1 fully saturated rings. The molecule has 1 saturated heterocycles. The van der Waals surface area contributed by atoms with E-state index >= 15 is 0 Å². The third-order valence-corrected chi connectivity index (χ3v) is 5.91. The Bertz CT molecular complexity index is 587. The zero-order valence-corrected chi connectivity index (χ0v) is 12.0. The van der Waals surface area contributed by atoms with Crippen LogP contribution >= 0.6 is 0 Å². The van der Waals surface area contributed by atoms with E-state index in [2.05, 4.69) is 6.92 Å². The van der Waals surface area contributed by atoms with E-state index in [1.165, 1.54) is 12.1 Å². The van der Waals surface area contributed by atoms with Gasteiger partial charge in [0.2, 0.25) is 10.0 Å². The van der Waals surface area contributed by atoms with Crippen LogP contribution in [0.2, 0.25) is 0 Å². The predicted molar refractivity (Wildman–Crippen MR) is 72.9 cm³/mol. The summed E-state index contributed by atoms with van der Waals surface area (Å²) in [6.45, 7) is 4.63. The van der Waals surface area contributed by atoms with Gasteiger partial charge in [0.1, 0.15) is 0 Å². The van der Waals surface area contributed by atoms with Crippen LogP contribution in [0.1, 0.15) is 32.3 Å². The van der Waals surface area contributed by atoms with Gasteiger partial charge in [0.25, 0.3) is 0 Å². The smallest absolute Gasteiger partial charge is 0.207 e. The fourth-order valence-corrected chi connectivity index (χ4v) is 4.24. The minimum atomic E-state index is -3.45. The largest absolute Gasteiger partial charge is 0.243 e. The van der Waals surface area contributed by atoms with Gasteiger partial charge in [-0.2, -0.15) is 9.57 Å². The first-order valence-electron chi connectivity index (χ1n) is 6.49. The summed E-state index contributed by atoms with van der Waals surface area (Å²) in [4.78, 5) is 0.271. The summed E-state index contributed by atoms with van der Waals surface area (Å²) in [6.07, 6.45) is 1.97. The number of rotatable bonds is 2. The highest BCUT2D eigenvalue weighted by molar-refractivity contribution is 7.89. The molecule has 2 unspecified atom stereocenters. The molecule has 5 heteroatoms. The Morgan fingerprint density at radius 1 is 1.26 bits per heavy atom. The summed E-state index contributed by atoms with van der Waals surface area (Å²) in [5.41, 5.74) is 0.471. The summed E-state index contributed by atoms with van der Waals surface area (Å²) in [7, 11) is -3.45. The Kier molecular flexibility index (Phi) is 3.93. The van der Waals surface area contributed by atoms with Crippen molar-refractivity contribution in [3.63, 3.8) is 0 Å². The fraction of sp³-hybridized carbons (Fsp3) is 0.500. The van der Waals surface area contributed by atoms with Crippen LogP contribution < -0.4 is 0 Å². The molecule has 1 aliphatic rings. The highest BCUT2D eigenvalue weighted by atomic mass is 32.2. The van der Waals surface area contributed by atoms with Gasteiger partial charge in [0.15, 0.2) is 0 Å². The van der Waals surface area contributed by atoms with Gasteiger partial charge in [-0.15, -0.1) is 0 Å². The normalized spacial score (nSPS) is 24.9. The molecule has 1 heterocycles. The van der Waals surface area contributed by atoms with E-state index in [0.717, 1.165) is 12.8 Å². The van der Waals surface area contributed by atoms with E-state index in [9.17, 15) is 8.42 Å². The molecule has 1 aromatic carbocycles. The summed E-state index contributed by atoms with van der Waals surface area (Å²) in [5, 5.41) is 8.75. The van der Waals surface area contributed by atoms with E-state index in [4.69, 9.17) is 5.26 Å². The Hall–Kier alpha value is -1.38. The first kappa shape index (κ1) is 14.0. The molecule has 0 amide bonds. The van der Waals surface area contributed by atoms with Gasteiger partial charge in [-0.3, -0.25) is 0 Å². The van der Waals surface area contributed by atoms with E-state index in [0.29, 0.717) is 18.0 Å². The van der Waals surface area contributed by atoms with Crippen molar-refractivity contribution in [2.45, 2.75) is 37.6 Å². The fourth-order valence-electron chi connectivity index (χ4n) is 2.47. The Balaban J connectivity index is 2.33. The molecule has 0 spiro atoms. The van der Waals surface area contributed by atoms with E-state index in [1.54, 1.807) is 16.4 Å². The van der Waals surface area contributed by atoms with Crippen LogP contribution in [0.5, 0.6) is 0 Å². The van der Waals surface area contributed by atoms with Crippen LogP contribution in [-0.4, -0.2) is 25.3 Å². The number of nitriles is 1. The average Bonchev–Trinajstić information content (AvgIpc) is 2.41. The number of piperidine rings is 1. The predicted octanol–water partition coefficient (Wildman–Crippen LogP) is 2.37. The van der Waals surface area contributed by atoms with Crippen LogP contribution in [0.25, 0.3) is 0 Å². The van der Waals surface area contributed by atoms with Crippen LogP contribution in [0.3, 0.4) is 0 Å². The maximum atomic E-state index is 12.6. The Morgan fingerprint density at radius 3 is 2.47 bits per heavy atom. The first-order valence-corrected chi connectivity index (χ1v) is 7.93. The standard InChI is InChI=1S/C14H18N2O2S/c1-11-4-3-9-16(12(11)2)19(17,18)14-7-5-13(10-15)6-8-14/h5-8,11-12H,3-4,9H2,1-2H3. The highest BCUT2D eigenvalue weighted by Crippen LogP contribution is 2.28. The van der Waals surface area contributed by atoms with Gasteiger partial charge >= 0.3 is 0 Å². The molecule has 0 radical (unpaired) electrons. The molecule has 0 bridgehead atoms. The summed E-state index contributed by atoms with van der Waals surface area (Å²) in [6, 6.07) is 8.14. The van der Waals surface area contributed by atoms with Crippen molar-refractivity contribution in [2.24, 2.45) is 5.92 Å². The van der Waals surface area contributed by atoms with Crippen molar-refractivity contribution in [3.8, 4) is 6.07 Å². The molecule has 0 aliphatic carbocycles. The molecule has 1 aromatic rings. The monoisotopic (exact) mass is 278 g/mol. The molecule has 1 aliphatic heterocycles. The van der Waals surface area contributed by atoms with Gasteiger partial charge in [0.05, 0.1) is 16.5 Å². The summed E-state index contributed by atoms with van der Waals surface area (Å²) >= 11 is 0. The average molecular weight is 278 g/mol. The number of benzene rings is 1. The van der Waals surface area contributed by atoms with Crippen molar-refractivity contribution in [3.05, 3.63) is 29.8 Å². The lowest BCUT2D eigenvalue weighted by atomic mass is 9.94. The number of hydrogen-bond acceptors (Lipinski definition) is 3. The lowest BCUT2D eigenvalue weighted by molar-refractivity contribution is 0.202. The molecule has 102 valence electrons. The van der Waals surface area contributed by atoms with Crippen LogP contribution in [0, 0.1) is 17.2 Å². The number of hydrogen-bond donors (Lipinski definition) is 0. The maximum Gasteiger partial charge on any atom is 0.243 e. The van der Waals surface area contributed by atoms with Gasteiger partial charge in [-0.1, -0.05) is 6.92 Å². The van der Waals surface area contributed by atoms with Gasteiger partial charge < -0.3 is 0 Å². The quantitative estimate of drug-likeness (QED) is 0.834. The van der Waals surface area contributed by atoms with Gasteiger partial charge in [0, 0.05) is 12.6 Å². The second kappa shape index (κ2) is 5.32. The van der Waals surface area contributed by atoms with Gasteiger partial charge in [-0.05, 0) is 49.9 Å². The van der Waals surface area contributed by atoms with Crippen molar-refractivity contribution in [2.75, 3.05) is 6.54 Å². The third-order valence-electron chi connectivity index (χ3n) is 3.91. The minimum absolute atomic E-state index is 0.0226. The van der Waals surface area contributed by atoms with E-state index in [1.807, 2.05) is 13.0 Å². The minimum Gasteiger partial charge on any atom is -0.207 e. The van der Waals surface area contributed by atoms with Crippen LogP contribution in [0.4, 0.5) is 0 Å². The summed E-state index contributed by atoms with van der Waals surface area (Å²) in [5.74, 6) is 0.377. The van der Waals surface area contributed by atoms with Crippen molar-refractivity contribution in [1.82, 2.24) is 4.31 Å². The van der Waals surface area contributed by atoms with E-state index in [-0.39, 0.29) is 10.9 Å². The van der Waals surface area contributed by atoms with Crippen molar-refractivity contribution >= 4 is 10.0 Å². The van der Waals surface area contributed by atoms with Crippen molar-refractivity contribution < 1.29 is 8.42 Å². The topological polar surface area (TPSA) is 61.2 Å².